The van der Waals surface area contributed by atoms with Gasteiger partial charge in [-0.05, 0) is 24.8 Å². The average Bonchev–Trinajstić information content (AvgIpc) is 2.96. The Labute approximate surface area is 148 Å². The zero-order valence-electron chi connectivity index (χ0n) is 15.0. The monoisotopic (exact) mass is 345 g/mol. The molecule has 1 aromatic heterocycles. The number of likely N-dealkylation sites (tertiary alicyclic amines) is 1. The van der Waals surface area contributed by atoms with E-state index in [4.69, 9.17) is 0 Å². The standard InChI is InChI=1S/C18H27N5O2/c1-13(2)10-23-11-14(9-16(23)24)17(25)21-15-5-3-8-22(12-15)18-19-6-4-7-20-18/h4,6-7,13-15H,3,5,8-12H2,1-2H3,(H,21,25)/t14-,15-/m1/s1. The van der Waals surface area contributed by atoms with Crippen molar-refractivity contribution in [2.45, 2.75) is 39.2 Å². The van der Waals surface area contributed by atoms with Gasteiger partial charge in [-0.2, -0.15) is 0 Å². The van der Waals surface area contributed by atoms with Crippen molar-refractivity contribution < 1.29 is 9.59 Å². The molecular formula is C18H27N5O2. The Bertz CT molecular complexity index is 607. The Balaban J connectivity index is 1.53. The molecule has 0 spiro atoms. The highest BCUT2D eigenvalue weighted by molar-refractivity contribution is 5.89. The van der Waals surface area contributed by atoms with Gasteiger partial charge in [0.1, 0.15) is 0 Å². The van der Waals surface area contributed by atoms with E-state index in [9.17, 15) is 9.59 Å². The van der Waals surface area contributed by atoms with E-state index >= 15 is 0 Å². The van der Waals surface area contributed by atoms with E-state index < -0.39 is 0 Å². The maximum absolute atomic E-state index is 12.6. The minimum absolute atomic E-state index is 0.000404. The first kappa shape index (κ1) is 17.6. The molecule has 1 N–H and O–H groups in total. The summed E-state index contributed by atoms with van der Waals surface area (Å²) in [7, 11) is 0. The number of hydrogen-bond acceptors (Lipinski definition) is 5. The van der Waals surface area contributed by atoms with Crippen LogP contribution in [-0.4, -0.2) is 58.9 Å². The zero-order valence-corrected chi connectivity index (χ0v) is 15.0. The van der Waals surface area contributed by atoms with Crippen LogP contribution in [0.25, 0.3) is 0 Å². The molecule has 0 saturated carbocycles. The largest absolute Gasteiger partial charge is 0.351 e. The summed E-state index contributed by atoms with van der Waals surface area (Å²) in [4.78, 5) is 37.2. The van der Waals surface area contributed by atoms with Crippen LogP contribution >= 0.6 is 0 Å². The van der Waals surface area contributed by atoms with Crippen molar-refractivity contribution in [1.29, 1.82) is 0 Å². The summed E-state index contributed by atoms with van der Waals surface area (Å²) in [5, 5.41) is 3.14. The summed E-state index contributed by atoms with van der Waals surface area (Å²) in [5.74, 6) is 0.996. The van der Waals surface area contributed by atoms with Crippen LogP contribution in [0.2, 0.25) is 0 Å². The van der Waals surface area contributed by atoms with Crippen LogP contribution in [0.15, 0.2) is 18.5 Å². The van der Waals surface area contributed by atoms with Crippen LogP contribution < -0.4 is 10.2 Å². The van der Waals surface area contributed by atoms with Crippen molar-refractivity contribution in [3.63, 3.8) is 0 Å². The first-order chi connectivity index (χ1) is 12.0. The van der Waals surface area contributed by atoms with E-state index in [1.807, 2.05) is 4.90 Å². The lowest BCUT2D eigenvalue weighted by Gasteiger charge is -2.33. The second-order valence-corrected chi connectivity index (χ2v) is 7.44. The molecule has 0 aromatic carbocycles. The molecule has 2 aliphatic rings. The van der Waals surface area contributed by atoms with Gasteiger partial charge in [-0.3, -0.25) is 9.59 Å². The van der Waals surface area contributed by atoms with Gasteiger partial charge in [0.05, 0.1) is 5.92 Å². The van der Waals surface area contributed by atoms with Crippen LogP contribution in [0.3, 0.4) is 0 Å². The first-order valence-corrected chi connectivity index (χ1v) is 9.13. The highest BCUT2D eigenvalue weighted by Crippen LogP contribution is 2.21. The van der Waals surface area contributed by atoms with E-state index in [0.717, 1.165) is 25.9 Å². The van der Waals surface area contributed by atoms with Gasteiger partial charge in [0.15, 0.2) is 0 Å². The maximum Gasteiger partial charge on any atom is 0.225 e. The van der Waals surface area contributed by atoms with Gasteiger partial charge < -0.3 is 15.1 Å². The second kappa shape index (κ2) is 7.80. The molecule has 2 fully saturated rings. The molecule has 7 heteroatoms. The van der Waals surface area contributed by atoms with Crippen molar-refractivity contribution in [2.75, 3.05) is 31.1 Å². The van der Waals surface area contributed by atoms with Crippen molar-refractivity contribution in [2.24, 2.45) is 11.8 Å². The molecule has 25 heavy (non-hydrogen) atoms. The van der Waals surface area contributed by atoms with Crippen LogP contribution in [-0.2, 0) is 9.59 Å². The molecule has 136 valence electrons. The van der Waals surface area contributed by atoms with E-state index in [1.165, 1.54) is 0 Å². The molecule has 3 heterocycles. The van der Waals surface area contributed by atoms with Crippen molar-refractivity contribution in [1.82, 2.24) is 20.2 Å². The molecule has 0 radical (unpaired) electrons. The van der Waals surface area contributed by atoms with Crippen molar-refractivity contribution in [3.05, 3.63) is 18.5 Å². The quantitative estimate of drug-likeness (QED) is 0.863. The zero-order chi connectivity index (χ0) is 17.8. The van der Waals surface area contributed by atoms with Crippen molar-refractivity contribution >= 4 is 17.8 Å². The smallest absolute Gasteiger partial charge is 0.225 e. The Morgan fingerprint density at radius 2 is 2.08 bits per heavy atom. The topological polar surface area (TPSA) is 78.4 Å². The lowest BCUT2D eigenvalue weighted by Crippen LogP contribution is -2.50. The predicted octanol–water partition coefficient (Wildman–Crippen LogP) is 1.07. The molecule has 0 aliphatic carbocycles. The highest BCUT2D eigenvalue weighted by Gasteiger charge is 2.35. The first-order valence-electron chi connectivity index (χ1n) is 9.13. The molecule has 0 bridgehead atoms. The van der Waals surface area contributed by atoms with Gasteiger partial charge in [0.2, 0.25) is 17.8 Å². The number of carbonyl (C=O) groups excluding carboxylic acids is 2. The molecule has 2 atom stereocenters. The number of carbonyl (C=O) groups is 2. The minimum Gasteiger partial charge on any atom is -0.351 e. The number of aromatic nitrogens is 2. The number of amides is 2. The number of hydrogen-bond donors (Lipinski definition) is 1. The SMILES string of the molecule is CC(C)CN1C[C@H](C(=O)N[C@@H]2CCCN(c3ncccn3)C2)CC1=O. The van der Waals surface area contributed by atoms with Gasteiger partial charge in [-0.15, -0.1) is 0 Å². The molecule has 3 rings (SSSR count). The number of piperidine rings is 1. The number of anilines is 1. The van der Waals surface area contributed by atoms with Gasteiger partial charge in [0, 0.05) is 51.0 Å². The number of rotatable bonds is 5. The Kier molecular flexibility index (Phi) is 5.50. The number of nitrogens with one attached hydrogen (secondary N) is 1. The summed E-state index contributed by atoms with van der Waals surface area (Å²) in [6, 6.07) is 1.88. The van der Waals surface area contributed by atoms with Gasteiger partial charge >= 0.3 is 0 Å². The molecule has 2 aliphatic heterocycles. The average molecular weight is 345 g/mol. The predicted molar refractivity (Wildman–Crippen MR) is 94.9 cm³/mol. The maximum atomic E-state index is 12.6. The minimum atomic E-state index is -0.227. The van der Waals surface area contributed by atoms with E-state index in [-0.39, 0.29) is 23.8 Å². The summed E-state index contributed by atoms with van der Waals surface area (Å²) in [6.45, 7) is 7.06. The summed E-state index contributed by atoms with van der Waals surface area (Å²) in [5.41, 5.74) is 0. The van der Waals surface area contributed by atoms with Gasteiger partial charge in [-0.25, -0.2) is 9.97 Å². The lowest BCUT2D eigenvalue weighted by molar-refractivity contribution is -0.129. The molecular weight excluding hydrogens is 318 g/mol. The second-order valence-electron chi connectivity index (χ2n) is 7.44. The number of nitrogens with zero attached hydrogens (tertiary/aromatic N) is 4. The van der Waals surface area contributed by atoms with E-state index in [2.05, 4.69) is 34.0 Å². The fourth-order valence-corrected chi connectivity index (χ4v) is 3.62. The molecule has 2 saturated heterocycles. The Morgan fingerprint density at radius 1 is 1.32 bits per heavy atom. The molecule has 1 aromatic rings. The van der Waals surface area contributed by atoms with Gasteiger partial charge in [0.25, 0.3) is 0 Å². The molecule has 7 nitrogen and oxygen atoms in total. The summed E-state index contributed by atoms with van der Waals surface area (Å²) in [6.07, 6.45) is 5.74. The fourth-order valence-electron chi connectivity index (χ4n) is 3.62. The molecule has 0 unspecified atom stereocenters. The Morgan fingerprint density at radius 3 is 2.80 bits per heavy atom. The van der Waals surface area contributed by atoms with Crippen LogP contribution in [0.1, 0.15) is 33.1 Å². The van der Waals surface area contributed by atoms with E-state index in [1.54, 1.807) is 18.5 Å². The highest BCUT2D eigenvalue weighted by atomic mass is 16.2. The third kappa shape index (κ3) is 4.46. The van der Waals surface area contributed by atoms with Gasteiger partial charge in [-0.1, -0.05) is 13.8 Å². The molecule has 2 amide bonds. The third-order valence-corrected chi connectivity index (χ3v) is 4.77. The van der Waals surface area contributed by atoms with E-state index in [0.29, 0.717) is 31.4 Å². The van der Waals surface area contributed by atoms with Crippen molar-refractivity contribution in [3.8, 4) is 0 Å². The summed E-state index contributed by atoms with van der Waals surface area (Å²) < 4.78 is 0. The fraction of sp³-hybridized carbons (Fsp3) is 0.667. The van der Waals surface area contributed by atoms with Crippen LogP contribution in [0, 0.1) is 11.8 Å². The third-order valence-electron chi connectivity index (χ3n) is 4.77. The summed E-state index contributed by atoms with van der Waals surface area (Å²) >= 11 is 0. The normalized spacial score (nSPS) is 24.0. The van der Waals surface area contributed by atoms with Crippen LogP contribution in [0.4, 0.5) is 5.95 Å². The van der Waals surface area contributed by atoms with Crippen LogP contribution in [0.5, 0.6) is 0 Å². The lowest BCUT2D eigenvalue weighted by atomic mass is 10.0. The Hall–Kier alpha value is -2.18.